The molecule has 4 rings (SSSR count). The van der Waals surface area contributed by atoms with Crippen molar-refractivity contribution in [1.29, 1.82) is 5.26 Å². The quantitative estimate of drug-likeness (QED) is 0.231. The van der Waals surface area contributed by atoms with Crippen LogP contribution in [0.1, 0.15) is 33.0 Å². The maximum atomic E-state index is 14.1. The molecule has 3 aromatic carbocycles. The summed E-state index contributed by atoms with van der Waals surface area (Å²) in [6, 6.07) is 23.6. The second-order valence-corrected chi connectivity index (χ2v) is 10.1. The molecule has 37 heavy (non-hydrogen) atoms. The number of benzene rings is 3. The van der Waals surface area contributed by atoms with Crippen LogP contribution in [0.5, 0.6) is 5.75 Å². The van der Waals surface area contributed by atoms with Crippen LogP contribution in [0.3, 0.4) is 0 Å². The number of methoxy groups -OCH3 is 2. The Morgan fingerprint density at radius 3 is 2.38 bits per heavy atom. The van der Waals surface area contributed by atoms with Crippen molar-refractivity contribution < 1.29 is 19.1 Å². The van der Waals surface area contributed by atoms with Gasteiger partial charge in [0.25, 0.3) is 5.91 Å². The van der Waals surface area contributed by atoms with Crippen molar-refractivity contribution in [3.63, 3.8) is 0 Å². The van der Waals surface area contributed by atoms with E-state index in [1.54, 1.807) is 66.9 Å². The first-order valence-electron chi connectivity index (χ1n) is 11.2. The molecule has 0 N–H and O–H groups in total. The first-order chi connectivity index (χ1) is 17.8. The Balaban J connectivity index is 2.07. The molecule has 6 nitrogen and oxygen atoms in total. The lowest BCUT2D eigenvalue weighted by molar-refractivity contribution is -0.136. The summed E-state index contributed by atoms with van der Waals surface area (Å²) in [6.07, 6.45) is 1.59. The molecule has 1 heterocycles. The summed E-state index contributed by atoms with van der Waals surface area (Å²) in [4.78, 5) is 28.4. The molecule has 186 valence electrons. The highest BCUT2D eigenvalue weighted by atomic mass is 79.9. The van der Waals surface area contributed by atoms with Gasteiger partial charge in [-0.05, 0) is 63.5 Å². The summed E-state index contributed by atoms with van der Waals surface area (Å²) in [5.74, 6) is -1.59. The van der Waals surface area contributed by atoms with Crippen molar-refractivity contribution in [3.8, 4) is 11.8 Å². The summed E-state index contributed by atoms with van der Waals surface area (Å²) in [5.41, 5.74) is 0.505. The van der Waals surface area contributed by atoms with Crippen molar-refractivity contribution >= 4 is 48.2 Å². The minimum absolute atomic E-state index is 0.0205. The van der Waals surface area contributed by atoms with E-state index in [2.05, 4.69) is 44.5 Å². The highest BCUT2D eigenvalue weighted by Crippen LogP contribution is 2.52. The summed E-state index contributed by atoms with van der Waals surface area (Å²) >= 11 is 6.98. The van der Waals surface area contributed by atoms with Gasteiger partial charge in [-0.15, -0.1) is 0 Å². The smallest absolute Gasteiger partial charge is 0.333 e. The van der Waals surface area contributed by atoms with Crippen molar-refractivity contribution in [2.75, 3.05) is 14.2 Å². The van der Waals surface area contributed by atoms with Crippen LogP contribution in [0.4, 0.5) is 0 Å². The molecule has 8 heteroatoms. The average molecular weight is 622 g/mol. The minimum Gasteiger partial charge on any atom is -0.497 e. The Kier molecular flexibility index (Phi) is 7.67. The van der Waals surface area contributed by atoms with Crippen LogP contribution >= 0.6 is 31.9 Å². The zero-order valence-corrected chi connectivity index (χ0v) is 23.2. The molecule has 3 aromatic rings. The number of nitriles is 1. The zero-order valence-electron chi connectivity index (χ0n) is 20.1. The van der Waals surface area contributed by atoms with Gasteiger partial charge in [0.1, 0.15) is 5.75 Å². The maximum absolute atomic E-state index is 14.1. The van der Waals surface area contributed by atoms with Gasteiger partial charge in [-0.1, -0.05) is 58.9 Å². The number of hydrogen-bond acceptors (Lipinski definition) is 5. The van der Waals surface area contributed by atoms with E-state index in [1.165, 1.54) is 19.1 Å². The molecule has 0 fully saturated rings. The van der Waals surface area contributed by atoms with Crippen molar-refractivity contribution in [3.05, 3.63) is 118 Å². The number of amides is 1. The molecule has 0 bridgehead atoms. The zero-order chi connectivity index (χ0) is 26.7. The molecule has 0 radical (unpaired) electrons. The SMILES string of the molecule is C=C(C(=O)OC)[C@@H](c1cccc(OC)c1)[C@]1(C#N)c2ccccc2C(Br)=CN1C(=O)c1ccc(Br)cc1. The monoisotopic (exact) mass is 620 g/mol. The summed E-state index contributed by atoms with van der Waals surface area (Å²) in [6.45, 7) is 4.05. The second kappa shape index (κ2) is 10.8. The largest absolute Gasteiger partial charge is 0.497 e. The van der Waals surface area contributed by atoms with Gasteiger partial charge in [-0.25, -0.2) is 4.79 Å². The molecule has 0 saturated carbocycles. The molecule has 1 aliphatic rings. The third kappa shape index (κ3) is 4.61. The number of rotatable bonds is 6. The van der Waals surface area contributed by atoms with E-state index in [-0.39, 0.29) is 5.57 Å². The standard InChI is InChI=1S/C29H22Br2N2O4/c1-18(28(35)37-3)26(20-7-6-8-22(15-20)36-2)29(17-32)24-10-5-4-9-23(24)25(31)16-33(29)27(34)19-11-13-21(30)14-12-19/h4-16,26H,1H2,2-3H3/t26-,29-/m0/s1. The van der Waals surface area contributed by atoms with Gasteiger partial charge in [-0.3, -0.25) is 9.69 Å². The molecule has 0 aromatic heterocycles. The van der Waals surface area contributed by atoms with Gasteiger partial charge in [0, 0.05) is 31.9 Å². The maximum Gasteiger partial charge on any atom is 0.333 e. The van der Waals surface area contributed by atoms with Crippen LogP contribution in [0.15, 0.2) is 95.6 Å². The number of carbonyl (C=O) groups excluding carboxylic acids is 2. The van der Waals surface area contributed by atoms with E-state index in [1.807, 2.05) is 12.1 Å². The van der Waals surface area contributed by atoms with Crippen LogP contribution in [-0.4, -0.2) is 31.0 Å². The Bertz CT molecular complexity index is 1460. The van der Waals surface area contributed by atoms with Crippen LogP contribution in [0.2, 0.25) is 0 Å². The number of halogens is 2. The Morgan fingerprint density at radius 1 is 1.03 bits per heavy atom. The van der Waals surface area contributed by atoms with Gasteiger partial charge < -0.3 is 9.47 Å². The van der Waals surface area contributed by atoms with Gasteiger partial charge in [0.05, 0.1) is 26.2 Å². The van der Waals surface area contributed by atoms with Gasteiger partial charge in [0.15, 0.2) is 5.54 Å². The number of nitrogens with zero attached hydrogens (tertiary/aromatic N) is 2. The Morgan fingerprint density at radius 2 is 1.73 bits per heavy atom. The highest BCUT2D eigenvalue weighted by Gasteiger charge is 2.54. The summed E-state index contributed by atoms with van der Waals surface area (Å²) in [7, 11) is 2.79. The lowest BCUT2D eigenvalue weighted by Gasteiger charge is -2.46. The fourth-order valence-corrected chi connectivity index (χ4v) is 5.44. The summed E-state index contributed by atoms with van der Waals surface area (Å²) in [5, 5.41) is 11.0. The van der Waals surface area contributed by atoms with E-state index in [0.29, 0.717) is 26.9 Å². The molecule has 1 aliphatic heterocycles. The highest BCUT2D eigenvalue weighted by molar-refractivity contribution is 9.15. The third-order valence-corrected chi connectivity index (χ3v) is 7.50. The first-order valence-corrected chi connectivity index (χ1v) is 12.8. The first kappa shape index (κ1) is 26.4. The van der Waals surface area contributed by atoms with Gasteiger partial charge in [0.2, 0.25) is 0 Å². The molecule has 0 unspecified atom stereocenters. The van der Waals surface area contributed by atoms with Gasteiger partial charge >= 0.3 is 5.97 Å². The molecular formula is C29H22Br2N2O4. The summed E-state index contributed by atoms with van der Waals surface area (Å²) < 4.78 is 11.9. The number of ether oxygens (including phenoxy) is 2. The predicted molar refractivity (Wildman–Crippen MR) is 148 cm³/mol. The van der Waals surface area contributed by atoms with E-state index < -0.39 is 23.3 Å². The van der Waals surface area contributed by atoms with Crippen molar-refractivity contribution in [2.24, 2.45) is 0 Å². The Hall–Kier alpha value is -3.67. The number of hydrogen-bond donors (Lipinski definition) is 0. The van der Waals surface area contributed by atoms with Crippen molar-refractivity contribution in [1.82, 2.24) is 4.90 Å². The predicted octanol–water partition coefficient (Wildman–Crippen LogP) is 6.54. The molecular weight excluding hydrogens is 600 g/mol. The molecule has 0 saturated heterocycles. The lowest BCUT2D eigenvalue weighted by Crippen LogP contribution is -2.52. The van der Waals surface area contributed by atoms with Crippen LogP contribution in [-0.2, 0) is 15.1 Å². The van der Waals surface area contributed by atoms with Crippen LogP contribution in [0, 0.1) is 11.3 Å². The fraction of sp³-hybridized carbons (Fsp3) is 0.138. The third-order valence-electron chi connectivity index (χ3n) is 6.34. The van der Waals surface area contributed by atoms with Crippen LogP contribution in [0.25, 0.3) is 4.48 Å². The van der Waals surface area contributed by atoms with E-state index in [0.717, 1.165) is 10.0 Å². The molecule has 0 spiro atoms. The normalized spacial score (nSPS) is 17.1. The van der Waals surface area contributed by atoms with E-state index in [4.69, 9.17) is 9.47 Å². The van der Waals surface area contributed by atoms with Crippen molar-refractivity contribution in [2.45, 2.75) is 11.5 Å². The molecule has 2 atom stereocenters. The molecule has 1 amide bonds. The lowest BCUT2D eigenvalue weighted by atomic mass is 9.68. The number of carbonyl (C=O) groups is 2. The second-order valence-electron chi connectivity index (χ2n) is 8.31. The van der Waals surface area contributed by atoms with E-state index >= 15 is 0 Å². The van der Waals surface area contributed by atoms with E-state index in [9.17, 15) is 14.9 Å². The average Bonchev–Trinajstić information content (AvgIpc) is 2.93. The molecule has 0 aliphatic carbocycles. The van der Waals surface area contributed by atoms with Crippen LogP contribution < -0.4 is 4.74 Å². The number of fused-ring (bicyclic) bond motifs is 1. The minimum atomic E-state index is -1.70. The fourth-order valence-electron chi connectivity index (χ4n) is 4.63. The number of esters is 1. The Labute approximate surface area is 232 Å². The topological polar surface area (TPSA) is 79.6 Å². The van der Waals surface area contributed by atoms with Gasteiger partial charge in [-0.2, -0.15) is 5.26 Å².